The maximum Gasteiger partial charge on any atom is 0.393 e. The second kappa shape index (κ2) is 4.31. The number of ether oxygens (including phenoxy) is 1. The molecule has 0 saturated carbocycles. The number of halogens is 4. The van der Waals surface area contributed by atoms with Crippen LogP contribution in [0.4, 0.5) is 13.2 Å². The molecule has 0 N–H and O–H groups in total. The van der Waals surface area contributed by atoms with Crippen LogP contribution in [0.25, 0.3) is 0 Å². The summed E-state index contributed by atoms with van der Waals surface area (Å²) in [6.07, 6.45) is -5.19. The van der Waals surface area contributed by atoms with Crippen LogP contribution in [-0.2, 0) is 6.42 Å². The highest BCUT2D eigenvalue weighted by molar-refractivity contribution is 6.32. The van der Waals surface area contributed by atoms with Crippen molar-refractivity contribution in [3.05, 3.63) is 28.3 Å². The second-order valence-corrected chi connectivity index (χ2v) is 3.61. The molecule has 0 saturated heterocycles. The Morgan fingerprint density at radius 1 is 1.33 bits per heavy atom. The van der Waals surface area contributed by atoms with E-state index in [1.807, 2.05) is 0 Å². The van der Waals surface area contributed by atoms with Gasteiger partial charge in [0.15, 0.2) is 0 Å². The lowest BCUT2D eigenvalue weighted by atomic mass is 10.1. The molecule has 0 atom stereocenters. The molecule has 0 aliphatic heterocycles. The monoisotopic (exact) mass is 238 g/mol. The SMILES string of the molecule is COc1cc(C)c(CC(F)(F)F)cc1Cl. The van der Waals surface area contributed by atoms with Crippen molar-refractivity contribution in [1.29, 1.82) is 0 Å². The van der Waals surface area contributed by atoms with Crippen LogP contribution in [0.5, 0.6) is 5.75 Å². The molecule has 0 spiro atoms. The van der Waals surface area contributed by atoms with Crippen LogP contribution in [0.1, 0.15) is 11.1 Å². The summed E-state index contributed by atoms with van der Waals surface area (Å²) in [6.45, 7) is 1.60. The zero-order chi connectivity index (χ0) is 11.6. The number of alkyl halides is 3. The summed E-state index contributed by atoms with van der Waals surface area (Å²) in [5, 5.41) is 0.197. The van der Waals surface area contributed by atoms with Gasteiger partial charge in [0, 0.05) is 0 Å². The van der Waals surface area contributed by atoms with Crippen LogP contribution in [0.2, 0.25) is 5.02 Å². The first-order valence-electron chi connectivity index (χ1n) is 4.23. The second-order valence-electron chi connectivity index (χ2n) is 3.21. The van der Waals surface area contributed by atoms with Crippen molar-refractivity contribution in [3.8, 4) is 5.75 Å². The van der Waals surface area contributed by atoms with E-state index in [-0.39, 0.29) is 10.6 Å². The van der Waals surface area contributed by atoms with Crippen LogP contribution >= 0.6 is 11.6 Å². The molecule has 0 amide bonds. The zero-order valence-corrected chi connectivity index (χ0v) is 9.04. The van der Waals surface area contributed by atoms with Crippen molar-refractivity contribution in [2.75, 3.05) is 7.11 Å². The number of benzene rings is 1. The van der Waals surface area contributed by atoms with E-state index >= 15 is 0 Å². The highest BCUT2D eigenvalue weighted by atomic mass is 35.5. The summed E-state index contributed by atoms with van der Waals surface area (Å²) in [6, 6.07) is 2.80. The molecule has 0 fully saturated rings. The van der Waals surface area contributed by atoms with Crippen LogP contribution in [-0.4, -0.2) is 13.3 Å². The molecule has 1 aromatic carbocycles. The van der Waals surface area contributed by atoms with Gasteiger partial charge in [-0.2, -0.15) is 13.2 Å². The molecule has 0 bridgehead atoms. The Balaban J connectivity index is 3.05. The van der Waals surface area contributed by atoms with Crippen LogP contribution in [0, 0.1) is 6.92 Å². The first-order chi connectivity index (χ1) is 6.83. The maximum atomic E-state index is 12.2. The minimum Gasteiger partial charge on any atom is -0.495 e. The van der Waals surface area contributed by atoms with Crippen LogP contribution in [0.3, 0.4) is 0 Å². The van der Waals surface area contributed by atoms with Gasteiger partial charge in [0.25, 0.3) is 0 Å². The summed E-state index contributed by atoms with van der Waals surface area (Å²) in [7, 11) is 1.42. The van der Waals surface area contributed by atoms with E-state index in [9.17, 15) is 13.2 Å². The van der Waals surface area contributed by atoms with Gasteiger partial charge in [0.2, 0.25) is 0 Å². The third-order valence-corrected chi connectivity index (χ3v) is 2.30. The van der Waals surface area contributed by atoms with Gasteiger partial charge < -0.3 is 4.74 Å². The Hall–Kier alpha value is -0.900. The fourth-order valence-corrected chi connectivity index (χ4v) is 1.52. The highest BCUT2D eigenvalue weighted by Gasteiger charge is 2.28. The van der Waals surface area contributed by atoms with E-state index in [4.69, 9.17) is 16.3 Å². The lowest BCUT2D eigenvalue weighted by Crippen LogP contribution is -2.12. The molecule has 0 radical (unpaired) electrons. The average Bonchev–Trinajstić information content (AvgIpc) is 2.08. The molecule has 15 heavy (non-hydrogen) atoms. The van der Waals surface area contributed by atoms with Gasteiger partial charge in [-0.3, -0.25) is 0 Å². The average molecular weight is 239 g/mol. The third kappa shape index (κ3) is 3.30. The van der Waals surface area contributed by atoms with Crippen molar-refractivity contribution in [2.24, 2.45) is 0 Å². The van der Waals surface area contributed by atoms with Crippen molar-refractivity contribution in [2.45, 2.75) is 19.5 Å². The molecular weight excluding hydrogens is 229 g/mol. The van der Waals surface area contributed by atoms with Gasteiger partial charge in [-0.05, 0) is 30.2 Å². The normalized spacial score (nSPS) is 11.6. The summed E-state index contributed by atoms with van der Waals surface area (Å²) in [5.41, 5.74) is 0.696. The van der Waals surface area contributed by atoms with Gasteiger partial charge in [-0.1, -0.05) is 11.6 Å². The Morgan fingerprint density at radius 2 is 1.93 bits per heavy atom. The first kappa shape index (κ1) is 12.2. The van der Waals surface area contributed by atoms with E-state index in [1.54, 1.807) is 6.92 Å². The lowest BCUT2D eigenvalue weighted by Gasteiger charge is -2.12. The molecule has 0 aliphatic rings. The molecule has 0 heterocycles. The number of methoxy groups -OCH3 is 1. The molecule has 1 nitrogen and oxygen atoms in total. The third-order valence-electron chi connectivity index (χ3n) is 2.00. The van der Waals surface area contributed by atoms with Gasteiger partial charge in [-0.25, -0.2) is 0 Å². The maximum absolute atomic E-state index is 12.2. The predicted octanol–water partition coefficient (Wildman–Crippen LogP) is 3.76. The molecule has 1 aromatic rings. The summed E-state index contributed by atoms with van der Waals surface area (Å²) >= 11 is 5.74. The summed E-state index contributed by atoms with van der Waals surface area (Å²) in [5.74, 6) is 0.389. The van der Waals surface area contributed by atoms with E-state index in [2.05, 4.69) is 0 Å². The molecule has 0 aromatic heterocycles. The Bertz CT molecular complexity index is 360. The standard InChI is InChI=1S/C10H10ClF3O/c1-6-3-9(15-2)8(11)4-7(6)5-10(12,13)14/h3-4H,5H2,1-2H3. The van der Waals surface area contributed by atoms with E-state index in [0.29, 0.717) is 11.3 Å². The largest absolute Gasteiger partial charge is 0.495 e. The number of aryl methyl sites for hydroxylation is 1. The van der Waals surface area contributed by atoms with Crippen molar-refractivity contribution < 1.29 is 17.9 Å². The molecule has 84 valence electrons. The van der Waals surface area contributed by atoms with Crippen LogP contribution in [0.15, 0.2) is 12.1 Å². The fourth-order valence-electron chi connectivity index (χ4n) is 1.26. The Morgan fingerprint density at radius 3 is 2.40 bits per heavy atom. The Kier molecular flexibility index (Phi) is 3.50. The van der Waals surface area contributed by atoms with Crippen molar-refractivity contribution in [3.63, 3.8) is 0 Å². The number of rotatable bonds is 2. The van der Waals surface area contributed by atoms with E-state index < -0.39 is 12.6 Å². The van der Waals surface area contributed by atoms with Crippen molar-refractivity contribution >= 4 is 11.6 Å². The van der Waals surface area contributed by atoms with E-state index in [0.717, 1.165) is 0 Å². The highest BCUT2D eigenvalue weighted by Crippen LogP contribution is 2.31. The van der Waals surface area contributed by atoms with Gasteiger partial charge in [-0.15, -0.1) is 0 Å². The number of hydrogen-bond acceptors (Lipinski definition) is 1. The minimum absolute atomic E-state index is 0.174. The van der Waals surface area contributed by atoms with Gasteiger partial charge in [0.1, 0.15) is 5.75 Å². The molecule has 1 rings (SSSR count). The number of hydrogen-bond donors (Lipinski definition) is 0. The summed E-state index contributed by atoms with van der Waals surface area (Å²) in [4.78, 5) is 0. The van der Waals surface area contributed by atoms with Crippen LogP contribution < -0.4 is 4.74 Å². The van der Waals surface area contributed by atoms with Gasteiger partial charge in [0.05, 0.1) is 18.6 Å². The lowest BCUT2D eigenvalue weighted by molar-refractivity contribution is -0.127. The molecule has 0 unspecified atom stereocenters. The topological polar surface area (TPSA) is 9.23 Å². The quantitative estimate of drug-likeness (QED) is 0.762. The Labute approximate surface area is 90.8 Å². The zero-order valence-electron chi connectivity index (χ0n) is 8.28. The minimum atomic E-state index is -4.22. The predicted molar refractivity (Wildman–Crippen MR) is 52.5 cm³/mol. The summed E-state index contributed by atoms with van der Waals surface area (Å²) < 4.78 is 41.4. The molecular formula is C10H10ClF3O. The fraction of sp³-hybridized carbons (Fsp3) is 0.400. The van der Waals surface area contributed by atoms with E-state index in [1.165, 1.54) is 19.2 Å². The van der Waals surface area contributed by atoms with Gasteiger partial charge >= 0.3 is 6.18 Å². The van der Waals surface area contributed by atoms with Crippen molar-refractivity contribution in [1.82, 2.24) is 0 Å². The molecule has 5 heteroatoms. The molecule has 0 aliphatic carbocycles. The smallest absolute Gasteiger partial charge is 0.393 e. The first-order valence-corrected chi connectivity index (χ1v) is 4.61.